The first-order valence-corrected chi connectivity index (χ1v) is 7.06. The topological polar surface area (TPSA) is 53.5 Å². The number of carbonyl (C=O) groups is 2. The lowest BCUT2D eigenvalue weighted by molar-refractivity contribution is -0.131. The summed E-state index contributed by atoms with van der Waals surface area (Å²) < 4.78 is 26.8. The Balaban J connectivity index is 2.16. The molecule has 0 saturated heterocycles. The van der Waals surface area contributed by atoms with Crippen LogP contribution in [0.15, 0.2) is 18.2 Å². The minimum Gasteiger partial charge on any atom is -0.358 e. The van der Waals surface area contributed by atoms with Gasteiger partial charge in [-0.25, -0.2) is 13.8 Å². The van der Waals surface area contributed by atoms with Gasteiger partial charge in [-0.05, 0) is 12.1 Å². The molecule has 1 aromatic carbocycles. The predicted molar refractivity (Wildman–Crippen MR) is 81.4 cm³/mol. The van der Waals surface area contributed by atoms with Gasteiger partial charge in [0.05, 0.1) is 11.1 Å². The van der Waals surface area contributed by atoms with E-state index in [1.54, 1.807) is 26.0 Å². The molecule has 0 fully saturated rings. The number of fused-ring (bicyclic) bond motifs is 2. The van der Waals surface area contributed by atoms with Gasteiger partial charge in [0.1, 0.15) is 11.7 Å². The van der Waals surface area contributed by atoms with Crippen LogP contribution in [0.25, 0.3) is 10.9 Å². The van der Waals surface area contributed by atoms with Crippen molar-refractivity contribution in [1.29, 1.82) is 0 Å². The van der Waals surface area contributed by atoms with Gasteiger partial charge >= 0.3 is 0 Å². The molecule has 1 aliphatic rings. The molecule has 2 heterocycles. The number of anilines is 1. The maximum atomic E-state index is 13.4. The highest BCUT2D eigenvalue weighted by molar-refractivity contribution is 6.15. The Bertz CT molecular complexity index is 836. The van der Waals surface area contributed by atoms with Crippen LogP contribution in [-0.2, 0) is 4.79 Å². The summed E-state index contributed by atoms with van der Waals surface area (Å²) in [6.45, 7) is 0.199. The number of aromatic nitrogens is 1. The van der Waals surface area contributed by atoms with Crippen LogP contribution in [0.4, 0.5) is 14.6 Å². The molecule has 7 heteroatoms. The number of halogens is 2. The molecule has 1 amide bonds. The molecule has 1 aliphatic heterocycles. The first-order valence-electron chi connectivity index (χ1n) is 7.06. The van der Waals surface area contributed by atoms with Gasteiger partial charge in [-0.2, -0.15) is 0 Å². The lowest BCUT2D eigenvalue weighted by Crippen LogP contribution is -2.45. The van der Waals surface area contributed by atoms with Gasteiger partial charge < -0.3 is 9.80 Å². The van der Waals surface area contributed by atoms with Gasteiger partial charge in [-0.15, -0.1) is 0 Å². The van der Waals surface area contributed by atoms with Crippen LogP contribution >= 0.6 is 0 Å². The number of rotatable bonds is 1. The van der Waals surface area contributed by atoms with E-state index in [2.05, 4.69) is 4.98 Å². The summed E-state index contributed by atoms with van der Waals surface area (Å²) in [7, 11) is 4.88. The molecule has 1 aromatic heterocycles. The van der Waals surface area contributed by atoms with Crippen molar-refractivity contribution in [3.63, 3.8) is 0 Å². The number of Topliss-reactive ketones (excluding diaryl/α,β-unsaturated/α-hetero) is 1. The molecule has 23 heavy (non-hydrogen) atoms. The third-order valence-corrected chi connectivity index (χ3v) is 3.98. The van der Waals surface area contributed by atoms with Crippen LogP contribution in [0.3, 0.4) is 0 Å². The zero-order valence-corrected chi connectivity index (χ0v) is 12.9. The number of hydrogen-bond donors (Lipinski definition) is 0. The summed E-state index contributed by atoms with van der Waals surface area (Å²) >= 11 is 0. The van der Waals surface area contributed by atoms with E-state index in [1.165, 1.54) is 11.0 Å². The molecular formula is C16H15F2N3O2. The molecular weight excluding hydrogens is 304 g/mol. The van der Waals surface area contributed by atoms with Crippen molar-refractivity contribution >= 4 is 28.4 Å². The fourth-order valence-electron chi connectivity index (χ4n) is 2.76. The third-order valence-electron chi connectivity index (χ3n) is 3.98. The Morgan fingerprint density at radius 1 is 1.26 bits per heavy atom. The maximum Gasteiger partial charge on any atom is 0.234 e. The Kier molecular flexibility index (Phi) is 3.50. The minimum absolute atomic E-state index is 0.199. The monoisotopic (exact) mass is 319 g/mol. The Morgan fingerprint density at radius 2 is 1.91 bits per heavy atom. The highest BCUT2D eigenvalue weighted by Gasteiger charge is 2.37. The van der Waals surface area contributed by atoms with Gasteiger partial charge in [0.2, 0.25) is 5.91 Å². The van der Waals surface area contributed by atoms with Crippen molar-refractivity contribution in [2.45, 2.75) is 0 Å². The summed E-state index contributed by atoms with van der Waals surface area (Å²) in [5.74, 6) is -3.09. The molecule has 0 spiro atoms. The van der Waals surface area contributed by atoms with Gasteiger partial charge in [-0.1, -0.05) is 0 Å². The quantitative estimate of drug-likeness (QED) is 0.753. The second-order valence-corrected chi connectivity index (χ2v) is 5.85. The van der Waals surface area contributed by atoms with E-state index in [0.29, 0.717) is 11.2 Å². The fraction of sp³-hybridized carbons (Fsp3) is 0.312. The standard InChI is InChI=1S/C16H15F2N3O2/c1-20(2)16(23)10-7-21(3)15-9(14(10)22)4-8-5-11(17)12(18)6-13(8)19-15/h4-6,10H,7H2,1-3H3. The van der Waals surface area contributed by atoms with E-state index in [4.69, 9.17) is 0 Å². The van der Waals surface area contributed by atoms with Gasteiger partial charge in [0.15, 0.2) is 17.4 Å². The van der Waals surface area contributed by atoms with Crippen LogP contribution in [0.1, 0.15) is 10.4 Å². The summed E-state index contributed by atoms with van der Waals surface area (Å²) in [6.07, 6.45) is 0. The van der Waals surface area contributed by atoms with Crippen LogP contribution in [0, 0.1) is 17.6 Å². The third kappa shape index (κ3) is 2.42. The van der Waals surface area contributed by atoms with Crippen molar-refractivity contribution in [2.75, 3.05) is 32.6 Å². The number of benzene rings is 1. The molecule has 3 rings (SSSR count). The predicted octanol–water partition coefficient (Wildman–Crippen LogP) is 1.85. The van der Waals surface area contributed by atoms with E-state index in [-0.39, 0.29) is 29.3 Å². The van der Waals surface area contributed by atoms with E-state index >= 15 is 0 Å². The number of pyridine rings is 1. The van der Waals surface area contributed by atoms with E-state index < -0.39 is 17.6 Å². The zero-order valence-electron chi connectivity index (χ0n) is 12.9. The minimum atomic E-state index is -1.00. The van der Waals surface area contributed by atoms with Crippen molar-refractivity contribution in [1.82, 2.24) is 9.88 Å². The lowest BCUT2D eigenvalue weighted by Gasteiger charge is -2.32. The molecule has 0 radical (unpaired) electrons. The van der Waals surface area contributed by atoms with Crippen LogP contribution in [0.5, 0.6) is 0 Å². The smallest absolute Gasteiger partial charge is 0.234 e. The average molecular weight is 319 g/mol. The molecule has 0 aliphatic carbocycles. The molecule has 2 aromatic rings. The molecule has 1 atom stereocenters. The van der Waals surface area contributed by atoms with E-state index in [9.17, 15) is 18.4 Å². The van der Waals surface area contributed by atoms with Crippen molar-refractivity contribution < 1.29 is 18.4 Å². The number of amides is 1. The van der Waals surface area contributed by atoms with Crippen molar-refractivity contribution in [3.8, 4) is 0 Å². The Labute approximate surface area is 131 Å². The second-order valence-electron chi connectivity index (χ2n) is 5.85. The molecule has 5 nitrogen and oxygen atoms in total. The van der Waals surface area contributed by atoms with Crippen molar-refractivity contribution in [2.24, 2.45) is 5.92 Å². The highest BCUT2D eigenvalue weighted by Crippen LogP contribution is 2.31. The average Bonchev–Trinajstić information content (AvgIpc) is 2.50. The fourth-order valence-corrected chi connectivity index (χ4v) is 2.76. The number of ketones is 1. The zero-order chi connectivity index (χ0) is 16.9. The SMILES string of the molecule is CN(C)C(=O)C1CN(C)c2nc3cc(F)c(F)cc3cc2C1=O. The van der Waals surface area contributed by atoms with Gasteiger partial charge in [0, 0.05) is 39.1 Å². The van der Waals surface area contributed by atoms with Gasteiger partial charge in [-0.3, -0.25) is 9.59 Å². The Hall–Kier alpha value is -2.57. The molecule has 0 bridgehead atoms. The molecule has 0 saturated carbocycles. The van der Waals surface area contributed by atoms with E-state index in [1.807, 2.05) is 0 Å². The first-order chi connectivity index (χ1) is 10.8. The van der Waals surface area contributed by atoms with Crippen LogP contribution in [-0.4, -0.2) is 49.3 Å². The van der Waals surface area contributed by atoms with Crippen LogP contribution < -0.4 is 4.90 Å². The summed E-state index contributed by atoms with van der Waals surface area (Å²) in [6, 6.07) is 3.47. The number of carbonyl (C=O) groups excluding carboxylic acids is 2. The first kappa shape index (κ1) is 15.3. The maximum absolute atomic E-state index is 13.4. The van der Waals surface area contributed by atoms with Crippen molar-refractivity contribution in [3.05, 3.63) is 35.4 Å². The molecule has 0 N–H and O–H groups in total. The summed E-state index contributed by atoms with van der Waals surface area (Å²) in [4.78, 5) is 32.1. The second kappa shape index (κ2) is 5.26. The van der Waals surface area contributed by atoms with Crippen LogP contribution in [0.2, 0.25) is 0 Å². The van der Waals surface area contributed by atoms with Gasteiger partial charge in [0.25, 0.3) is 0 Å². The molecule has 120 valence electrons. The van der Waals surface area contributed by atoms with E-state index in [0.717, 1.165) is 12.1 Å². The highest BCUT2D eigenvalue weighted by atomic mass is 19.2. The Morgan fingerprint density at radius 3 is 2.57 bits per heavy atom. The normalized spacial score (nSPS) is 17.3. The largest absolute Gasteiger partial charge is 0.358 e. The summed E-state index contributed by atoms with van der Waals surface area (Å²) in [5, 5.41) is 0.322. The summed E-state index contributed by atoms with van der Waals surface area (Å²) in [5.41, 5.74) is 0.511. The lowest BCUT2D eigenvalue weighted by atomic mass is 9.91. The number of nitrogens with zero attached hydrogens (tertiary/aromatic N) is 3. The molecule has 1 unspecified atom stereocenters. The number of hydrogen-bond acceptors (Lipinski definition) is 4.